The van der Waals surface area contributed by atoms with Gasteiger partial charge in [0.1, 0.15) is 11.5 Å². The van der Waals surface area contributed by atoms with Crippen LogP contribution in [0.3, 0.4) is 0 Å². The Hall–Kier alpha value is -2.28. The minimum Gasteiger partial charge on any atom is -0.460 e. The van der Waals surface area contributed by atoms with Crippen molar-refractivity contribution in [3.8, 4) is 22.5 Å². The van der Waals surface area contributed by atoms with Crippen LogP contribution in [0.2, 0.25) is 0 Å². The fourth-order valence-corrected chi connectivity index (χ4v) is 3.27. The Balaban J connectivity index is 1.96. The Morgan fingerprint density at radius 3 is 2.00 bits per heavy atom. The molecule has 0 N–H and O–H groups in total. The third kappa shape index (κ3) is 2.19. The summed E-state index contributed by atoms with van der Waals surface area (Å²) in [5.74, 6) is 2.23. The summed E-state index contributed by atoms with van der Waals surface area (Å²) in [5.41, 5.74) is 5.16. The lowest BCUT2D eigenvalue weighted by Gasteiger charge is -2.11. The number of aryl methyl sites for hydroxylation is 1. The number of fused-ring (bicyclic) bond motifs is 1. The van der Waals surface area contributed by atoms with Crippen LogP contribution in [0, 0.1) is 0 Å². The van der Waals surface area contributed by atoms with E-state index in [1.54, 1.807) is 0 Å². The molecule has 104 valence electrons. The maximum Gasteiger partial charge on any atom is 0.142 e. The third-order valence-electron chi connectivity index (χ3n) is 4.27. The van der Waals surface area contributed by atoms with E-state index in [0.29, 0.717) is 0 Å². The predicted octanol–water partition coefficient (Wildman–Crippen LogP) is 5.49. The zero-order valence-electron chi connectivity index (χ0n) is 12.0. The zero-order valence-corrected chi connectivity index (χ0v) is 12.0. The van der Waals surface area contributed by atoms with Gasteiger partial charge in [0.2, 0.25) is 0 Å². The average Bonchev–Trinajstić information content (AvgIpc) is 2.96. The molecule has 0 fully saturated rings. The van der Waals surface area contributed by atoms with Gasteiger partial charge in [-0.3, -0.25) is 0 Å². The van der Waals surface area contributed by atoms with Crippen molar-refractivity contribution in [1.82, 2.24) is 0 Å². The summed E-state index contributed by atoms with van der Waals surface area (Å²) < 4.78 is 6.28. The van der Waals surface area contributed by atoms with Gasteiger partial charge in [-0.15, -0.1) is 0 Å². The van der Waals surface area contributed by atoms with E-state index in [1.165, 1.54) is 40.9 Å². The Bertz CT molecular complexity index is 738. The van der Waals surface area contributed by atoms with Crippen LogP contribution in [0.4, 0.5) is 0 Å². The van der Waals surface area contributed by atoms with E-state index in [1.807, 2.05) is 0 Å². The van der Waals surface area contributed by atoms with E-state index in [9.17, 15) is 0 Å². The highest BCUT2D eigenvalue weighted by Crippen LogP contribution is 2.41. The van der Waals surface area contributed by atoms with Crippen LogP contribution < -0.4 is 0 Å². The van der Waals surface area contributed by atoms with Gasteiger partial charge in [0.25, 0.3) is 0 Å². The van der Waals surface area contributed by atoms with Gasteiger partial charge in [0.05, 0.1) is 0 Å². The average molecular weight is 274 g/mol. The van der Waals surface area contributed by atoms with Crippen LogP contribution in [0.5, 0.6) is 0 Å². The molecule has 0 saturated carbocycles. The normalized spacial score (nSPS) is 13.9. The summed E-state index contributed by atoms with van der Waals surface area (Å²) in [6, 6.07) is 21.1. The van der Waals surface area contributed by atoms with Crippen LogP contribution in [0.1, 0.15) is 24.2 Å². The van der Waals surface area contributed by atoms with E-state index < -0.39 is 0 Å². The molecule has 1 nitrogen and oxygen atoms in total. The molecular formula is C20H18O. The first kappa shape index (κ1) is 12.5. The molecule has 0 unspecified atom stereocenters. The quantitative estimate of drug-likeness (QED) is 0.602. The molecule has 0 aliphatic heterocycles. The Kier molecular flexibility index (Phi) is 3.11. The molecule has 1 heteroatoms. The first-order valence-corrected chi connectivity index (χ1v) is 7.69. The van der Waals surface area contributed by atoms with Crippen LogP contribution in [-0.4, -0.2) is 0 Å². The van der Waals surface area contributed by atoms with Crippen molar-refractivity contribution in [3.05, 3.63) is 72.0 Å². The van der Waals surface area contributed by atoms with Gasteiger partial charge in [-0.05, 0) is 24.8 Å². The third-order valence-corrected chi connectivity index (χ3v) is 4.27. The molecule has 1 aromatic heterocycles. The largest absolute Gasteiger partial charge is 0.460 e. The molecule has 0 spiro atoms. The number of rotatable bonds is 2. The monoisotopic (exact) mass is 274 g/mol. The highest BCUT2D eigenvalue weighted by molar-refractivity contribution is 5.83. The second kappa shape index (κ2) is 5.25. The van der Waals surface area contributed by atoms with Gasteiger partial charge in [-0.1, -0.05) is 60.7 Å². The van der Waals surface area contributed by atoms with E-state index in [0.717, 1.165) is 18.6 Å². The summed E-state index contributed by atoms with van der Waals surface area (Å²) in [6.45, 7) is 0. The second-order valence-corrected chi connectivity index (χ2v) is 5.65. The molecule has 1 aliphatic carbocycles. The molecule has 21 heavy (non-hydrogen) atoms. The maximum absolute atomic E-state index is 6.28. The molecule has 0 saturated heterocycles. The van der Waals surface area contributed by atoms with Crippen molar-refractivity contribution < 1.29 is 4.42 Å². The zero-order chi connectivity index (χ0) is 14.1. The van der Waals surface area contributed by atoms with E-state index >= 15 is 0 Å². The minimum atomic E-state index is 1.04. The Morgan fingerprint density at radius 2 is 1.29 bits per heavy atom. The molecule has 2 aromatic carbocycles. The summed E-state index contributed by atoms with van der Waals surface area (Å²) in [7, 11) is 0. The summed E-state index contributed by atoms with van der Waals surface area (Å²) in [6.07, 6.45) is 4.71. The minimum absolute atomic E-state index is 1.04. The lowest BCUT2D eigenvalue weighted by molar-refractivity contribution is 0.487. The summed E-state index contributed by atoms with van der Waals surface area (Å²) in [4.78, 5) is 0. The SMILES string of the molecule is c1ccc(-c2oc3c(c2-c2ccccc2)CCCC3)cc1. The first-order chi connectivity index (χ1) is 10.4. The molecule has 0 radical (unpaired) electrons. The number of benzene rings is 2. The summed E-state index contributed by atoms with van der Waals surface area (Å²) in [5, 5.41) is 0. The number of hydrogen-bond acceptors (Lipinski definition) is 1. The highest BCUT2D eigenvalue weighted by atomic mass is 16.3. The first-order valence-electron chi connectivity index (χ1n) is 7.69. The van der Waals surface area contributed by atoms with Gasteiger partial charge in [0, 0.05) is 23.1 Å². The fourth-order valence-electron chi connectivity index (χ4n) is 3.27. The molecule has 1 heterocycles. The van der Waals surface area contributed by atoms with Gasteiger partial charge in [0.15, 0.2) is 0 Å². The van der Waals surface area contributed by atoms with Gasteiger partial charge >= 0.3 is 0 Å². The van der Waals surface area contributed by atoms with Crippen LogP contribution >= 0.6 is 0 Å². The van der Waals surface area contributed by atoms with Crippen molar-refractivity contribution in [1.29, 1.82) is 0 Å². The van der Waals surface area contributed by atoms with Gasteiger partial charge in [-0.2, -0.15) is 0 Å². The van der Waals surface area contributed by atoms with Crippen molar-refractivity contribution in [3.63, 3.8) is 0 Å². The summed E-state index contributed by atoms with van der Waals surface area (Å²) >= 11 is 0. The predicted molar refractivity (Wildman–Crippen MR) is 86.2 cm³/mol. The Morgan fingerprint density at radius 1 is 0.667 bits per heavy atom. The fraction of sp³-hybridized carbons (Fsp3) is 0.200. The number of furan rings is 1. The molecule has 1 aliphatic rings. The van der Waals surface area contributed by atoms with Crippen LogP contribution in [0.25, 0.3) is 22.5 Å². The highest BCUT2D eigenvalue weighted by Gasteiger charge is 2.24. The maximum atomic E-state index is 6.28. The lowest BCUT2D eigenvalue weighted by atomic mass is 9.90. The topological polar surface area (TPSA) is 13.1 Å². The molecular weight excluding hydrogens is 256 g/mol. The van der Waals surface area contributed by atoms with Crippen LogP contribution in [-0.2, 0) is 12.8 Å². The molecule has 0 amide bonds. The van der Waals surface area contributed by atoms with Gasteiger partial charge in [-0.25, -0.2) is 0 Å². The van der Waals surface area contributed by atoms with Crippen LogP contribution in [0.15, 0.2) is 65.1 Å². The van der Waals surface area contributed by atoms with Crippen molar-refractivity contribution in [2.45, 2.75) is 25.7 Å². The standard InChI is InChI=1S/C20H18O/c1-3-9-15(10-4-1)19-17-13-7-8-14-18(17)21-20(19)16-11-5-2-6-12-16/h1-6,9-12H,7-8,13-14H2. The van der Waals surface area contributed by atoms with Crippen molar-refractivity contribution >= 4 is 0 Å². The van der Waals surface area contributed by atoms with Crippen molar-refractivity contribution in [2.75, 3.05) is 0 Å². The second-order valence-electron chi connectivity index (χ2n) is 5.65. The number of hydrogen-bond donors (Lipinski definition) is 0. The van der Waals surface area contributed by atoms with E-state index in [4.69, 9.17) is 4.42 Å². The van der Waals surface area contributed by atoms with E-state index in [-0.39, 0.29) is 0 Å². The van der Waals surface area contributed by atoms with E-state index in [2.05, 4.69) is 60.7 Å². The Labute approximate surface area is 125 Å². The molecule has 3 aromatic rings. The smallest absolute Gasteiger partial charge is 0.142 e. The molecule has 0 bridgehead atoms. The lowest BCUT2D eigenvalue weighted by Crippen LogP contribution is -1.99. The van der Waals surface area contributed by atoms with Gasteiger partial charge < -0.3 is 4.42 Å². The molecule has 0 atom stereocenters. The molecule has 4 rings (SSSR count). The van der Waals surface area contributed by atoms with Crippen molar-refractivity contribution in [2.24, 2.45) is 0 Å².